The first-order chi connectivity index (χ1) is 14.6. The van der Waals surface area contributed by atoms with Gasteiger partial charge >= 0.3 is 0 Å². The van der Waals surface area contributed by atoms with Gasteiger partial charge in [0.1, 0.15) is 17.2 Å². The summed E-state index contributed by atoms with van der Waals surface area (Å²) in [5.41, 5.74) is 1.56. The molecule has 0 aromatic heterocycles. The lowest BCUT2D eigenvalue weighted by molar-refractivity contribution is -0.114. The molecule has 156 valence electrons. The van der Waals surface area contributed by atoms with E-state index < -0.39 is 0 Å². The number of hydrogen-bond acceptors (Lipinski definition) is 4. The fraction of sp³-hybridized carbons (Fsp3) is 0.240. The number of carbonyl (C=O) groups excluding carboxylic acids is 1. The lowest BCUT2D eigenvalue weighted by Crippen LogP contribution is -2.21. The highest BCUT2D eigenvalue weighted by molar-refractivity contribution is 5.93. The first-order valence-corrected chi connectivity index (χ1v) is 10.2. The Labute approximate surface area is 178 Å². The Balaban J connectivity index is 1.45. The molecule has 0 heterocycles. The SMILES string of the molecule is CC(C)CCOc1cccc(NCC(=O)Nc2ccc(Oc3ccccc3)cc2)c1. The summed E-state index contributed by atoms with van der Waals surface area (Å²) in [6.45, 7) is 5.19. The molecule has 0 aliphatic carbocycles. The van der Waals surface area contributed by atoms with Crippen LogP contribution >= 0.6 is 0 Å². The van der Waals surface area contributed by atoms with Crippen LogP contribution in [0.4, 0.5) is 11.4 Å². The van der Waals surface area contributed by atoms with Gasteiger partial charge in [-0.2, -0.15) is 0 Å². The second kappa shape index (κ2) is 10.9. The van der Waals surface area contributed by atoms with Gasteiger partial charge in [0.05, 0.1) is 13.2 Å². The second-order valence-corrected chi connectivity index (χ2v) is 7.40. The van der Waals surface area contributed by atoms with Gasteiger partial charge < -0.3 is 20.1 Å². The van der Waals surface area contributed by atoms with Crippen molar-refractivity contribution in [3.05, 3.63) is 78.9 Å². The van der Waals surface area contributed by atoms with E-state index in [-0.39, 0.29) is 12.5 Å². The van der Waals surface area contributed by atoms with Crippen LogP contribution in [0.2, 0.25) is 0 Å². The average molecular weight is 405 g/mol. The molecule has 3 aromatic rings. The summed E-state index contributed by atoms with van der Waals surface area (Å²) in [6.07, 6.45) is 1.01. The van der Waals surface area contributed by atoms with Gasteiger partial charge in [0.25, 0.3) is 0 Å². The lowest BCUT2D eigenvalue weighted by atomic mass is 10.1. The predicted molar refractivity (Wildman–Crippen MR) is 121 cm³/mol. The molecule has 30 heavy (non-hydrogen) atoms. The average Bonchev–Trinajstić information content (AvgIpc) is 2.74. The summed E-state index contributed by atoms with van der Waals surface area (Å²) in [6, 6.07) is 24.5. The van der Waals surface area contributed by atoms with E-state index in [1.165, 1.54) is 0 Å². The molecule has 2 N–H and O–H groups in total. The monoisotopic (exact) mass is 404 g/mol. The number of para-hydroxylation sites is 1. The van der Waals surface area contributed by atoms with Gasteiger partial charge in [-0.1, -0.05) is 38.1 Å². The summed E-state index contributed by atoms with van der Waals surface area (Å²) in [7, 11) is 0. The Hall–Kier alpha value is -3.47. The second-order valence-electron chi connectivity index (χ2n) is 7.40. The predicted octanol–water partition coefficient (Wildman–Crippen LogP) is 5.95. The maximum Gasteiger partial charge on any atom is 0.243 e. The summed E-state index contributed by atoms with van der Waals surface area (Å²) in [4.78, 5) is 12.3. The van der Waals surface area contributed by atoms with Crippen molar-refractivity contribution in [2.75, 3.05) is 23.8 Å². The lowest BCUT2D eigenvalue weighted by Gasteiger charge is -2.11. The molecule has 0 saturated carbocycles. The van der Waals surface area contributed by atoms with Gasteiger partial charge in [0, 0.05) is 17.4 Å². The molecule has 0 atom stereocenters. The summed E-state index contributed by atoms with van der Waals surface area (Å²) in [5, 5.41) is 6.01. The molecule has 0 aliphatic rings. The third kappa shape index (κ3) is 7.17. The first-order valence-electron chi connectivity index (χ1n) is 10.2. The van der Waals surface area contributed by atoms with E-state index in [0.29, 0.717) is 24.0 Å². The molecule has 5 heteroatoms. The fourth-order valence-electron chi connectivity index (χ4n) is 2.73. The molecular weight excluding hydrogens is 376 g/mol. The molecule has 1 amide bonds. The van der Waals surface area contributed by atoms with E-state index in [0.717, 1.165) is 23.6 Å². The van der Waals surface area contributed by atoms with Gasteiger partial charge in [-0.3, -0.25) is 4.79 Å². The van der Waals surface area contributed by atoms with E-state index in [4.69, 9.17) is 9.47 Å². The number of benzene rings is 3. The minimum atomic E-state index is -0.127. The van der Waals surface area contributed by atoms with E-state index >= 15 is 0 Å². The Kier molecular flexibility index (Phi) is 7.72. The summed E-state index contributed by atoms with van der Waals surface area (Å²) < 4.78 is 11.5. The van der Waals surface area contributed by atoms with E-state index in [1.54, 1.807) is 0 Å². The number of hydrogen-bond donors (Lipinski definition) is 2. The molecule has 0 spiro atoms. The van der Waals surface area contributed by atoms with Crippen molar-refractivity contribution in [2.45, 2.75) is 20.3 Å². The number of ether oxygens (including phenoxy) is 2. The standard InChI is InChI=1S/C25H28N2O3/c1-19(2)15-16-29-24-10-6-7-21(17-24)26-18-25(28)27-20-11-13-23(14-12-20)30-22-8-4-3-5-9-22/h3-14,17,19,26H,15-16,18H2,1-2H3,(H,27,28). The van der Waals surface area contributed by atoms with Crippen LogP contribution in [0.25, 0.3) is 0 Å². The topological polar surface area (TPSA) is 59.6 Å². The van der Waals surface area contributed by atoms with Crippen LogP contribution in [-0.2, 0) is 4.79 Å². The molecule has 0 bridgehead atoms. The number of carbonyl (C=O) groups is 1. The molecule has 0 saturated heterocycles. The minimum absolute atomic E-state index is 0.127. The van der Waals surface area contributed by atoms with Gasteiger partial charge in [0.15, 0.2) is 0 Å². The van der Waals surface area contributed by atoms with Crippen LogP contribution in [0, 0.1) is 5.92 Å². The third-order valence-electron chi connectivity index (χ3n) is 4.37. The van der Waals surface area contributed by atoms with Gasteiger partial charge in [0.2, 0.25) is 5.91 Å². The number of amides is 1. The number of rotatable bonds is 10. The van der Waals surface area contributed by atoms with Gasteiger partial charge in [-0.05, 0) is 60.9 Å². The zero-order chi connectivity index (χ0) is 21.2. The minimum Gasteiger partial charge on any atom is -0.494 e. The Morgan fingerprint density at radius 2 is 1.53 bits per heavy atom. The molecule has 0 aliphatic heterocycles. The van der Waals surface area contributed by atoms with Crippen molar-refractivity contribution < 1.29 is 14.3 Å². The fourth-order valence-corrected chi connectivity index (χ4v) is 2.73. The highest BCUT2D eigenvalue weighted by Gasteiger charge is 2.05. The summed E-state index contributed by atoms with van der Waals surface area (Å²) >= 11 is 0. The third-order valence-corrected chi connectivity index (χ3v) is 4.37. The molecule has 0 radical (unpaired) electrons. The van der Waals surface area contributed by atoms with E-state index in [9.17, 15) is 4.79 Å². The summed E-state index contributed by atoms with van der Waals surface area (Å²) in [5.74, 6) is 2.77. The van der Waals surface area contributed by atoms with Crippen molar-refractivity contribution in [3.8, 4) is 17.2 Å². The Morgan fingerprint density at radius 1 is 0.833 bits per heavy atom. The van der Waals surface area contributed by atoms with Gasteiger partial charge in [-0.25, -0.2) is 0 Å². The number of nitrogens with one attached hydrogen (secondary N) is 2. The van der Waals surface area contributed by atoms with Crippen LogP contribution in [0.1, 0.15) is 20.3 Å². The Morgan fingerprint density at radius 3 is 2.27 bits per heavy atom. The van der Waals surface area contributed by atoms with Crippen LogP contribution in [0.15, 0.2) is 78.9 Å². The zero-order valence-corrected chi connectivity index (χ0v) is 17.4. The van der Waals surface area contributed by atoms with Crippen molar-refractivity contribution in [1.82, 2.24) is 0 Å². The molecule has 0 fully saturated rings. The van der Waals surface area contributed by atoms with Crippen LogP contribution in [0.5, 0.6) is 17.2 Å². The van der Waals surface area contributed by atoms with Crippen LogP contribution < -0.4 is 20.1 Å². The normalized spacial score (nSPS) is 10.5. The molecule has 3 aromatic carbocycles. The molecule has 5 nitrogen and oxygen atoms in total. The first kappa shape index (κ1) is 21.2. The van der Waals surface area contributed by atoms with Crippen LogP contribution in [-0.4, -0.2) is 19.1 Å². The van der Waals surface area contributed by atoms with E-state index in [1.807, 2.05) is 78.9 Å². The highest BCUT2D eigenvalue weighted by Crippen LogP contribution is 2.23. The molecule has 0 unspecified atom stereocenters. The maximum atomic E-state index is 12.3. The van der Waals surface area contributed by atoms with Crippen molar-refractivity contribution in [3.63, 3.8) is 0 Å². The largest absolute Gasteiger partial charge is 0.494 e. The smallest absolute Gasteiger partial charge is 0.243 e. The molecule has 3 rings (SSSR count). The quantitative estimate of drug-likeness (QED) is 0.438. The van der Waals surface area contributed by atoms with Gasteiger partial charge in [-0.15, -0.1) is 0 Å². The Bertz CT molecular complexity index is 925. The van der Waals surface area contributed by atoms with Crippen molar-refractivity contribution in [2.24, 2.45) is 5.92 Å². The van der Waals surface area contributed by atoms with Crippen molar-refractivity contribution in [1.29, 1.82) is 0 Å². The van der Waals surface area contributed by atoms with Crippen LogP contribution in [0.3, 0.4) is 0 Å². The zero-order valence-electron chi connectivity index (χ0n) is 17.4. The maximum absolute atomic E-state index is 12.3. The number of anilines is 2. The highest BCUT2D eigenvalue weighted by atomic mass is 16.5. The molecular formula is C25H28N2O3. The van der Waals surface area contributed by atoms with Crippen molar-refractivity contribution >= 4 is 17.3 Å². The van der Waals surface area contributed by atoms with E-state index in [2.05, 4.69) is 24.5 Å².